The van der Waals surface area contributed by atoms with Crippen LogP contribution in [0, 0.1) is 0 Å². The molecule has 1 N–H and O–H groups in total. The molecule has 1 saturated carbocycles. The van der Waals surface area contributed by atoms with E-state index in [1.165, 1.54) is 20.0 Å². The highest BCUT2D eigenvalue weighted by Gasteiger charge is 2.28. The first-order chi connectivity index (χ1) is 9.26. The van der Waals surface area contributed by atoms with E-state index in [2.05, 4.69) is 17.2 Å². The van der Waals surface area contributed by atoms with Crippen molar-refractivity contribution in [3.8, 4) is 0 Å². The minimum Gasteiger partial charge on any atom is -0.465 e. The fourth-order valence-corrected chi connectivity index (χ4v) is 3.67. The van der Waals surface area contributed by atoms with Gasteiger partial charge in [0.05, 0.1) is 7.11 Å². The number of carbonyl (C=O) groups excluding carboxylic acids is 1. The Kier molecular flexibility index (Phi) is 5.07. The molecule has 1 aromatic rings. The van der Waals surface area contributed by atoms with Gasteiger partial charge < -0.3 is 10.1 Å². The summed E-state index contributed by atoms with van der Waals surface area (Å²) in [5.74, 6) is 1.42. The smallest absolute Gasteiger partial charge is 0.341 e. The third kappa shape index (κ3) is 3.41. The van der Waals surface area contributed by atoms with Crippen LogP contribution in [0.2, 0.25) is 0 Å². The maximum Gasteiger partial charge on any atom is 0.341 e. The molecule has 2 unspecified atom stereocenters. The summed E-state index contributed by atoms with van der Waals surface area (Å²) in [5, 5.41) is 4.04. The Balaban J connectivity index is 2.12. The zero-order chi connectivity index (χ0) is 13.7. The standard InChI is InChI=1S/C14H20N2O2S/c1-3-19-12-8-4-7-11(12)16-13-10(14(17)18-2)6-5-9-15-13/h5-6,9,11-12H,3-4,7-8H2,1-2H3,(H,15,16). The van der Waals surface area contributed by atoms with Gasteiger partial charge in [0.15, 0.2) is 0 Å². The van der Waals surface area contributed by atoms with E-state index in [9.17, 15) is 4.79 Å². The lowest BCUT2D eigenvalue weighted by Crippen LogP contribution is -2.27. The molecular weight excluding hydrogens is 260 g/mol. The van der Waals surface area contributed by atoms with Crippen molar-refractivity contribution < 1.29 is 9.53 Å². The second kappa shape index (κ2) is 6.80. The minimum atomic E-state index is -0.340. The predicted molar refractivity (Wildman–Crippen MR) is 78.8 cm³/mol. The van der Waals surface area contributed by atoms with Crippen molar-refractivity contribution in [2.45, 2.75) is 37.5 Å². The number of esters is 1. The van der Waals surface area contributed by atoms with Crippen LogP contribution in [-0.4, -0.2) is 35.1 Å². The first-order valence-electron chi connectivity index (χ1n) is 6.67. The second-order valence-corrected chi connectivity index (χ2v) is 6.08. The zero-order valence-electron chi connectivity index (χ0n) is 11.4. The van der Waals surface area contributed by atoms with Crippen LogP contribution < -0.4 is 5.32 Å². The zero-order valence-corrected chi connectivity index (χ0v) is 12.2. The molecule has 0 amide bonds. The average molecular weight is 280 g/mol. The van der Waals surface area contributed by atoms with Gasteiger partial charge in [-0.3, -0.25) is 0 Å². The number of carbonyl (C=O) groups is 1. The maximum atomic E-state index is 11.7. The van der Waals surface area contributed by atoms with Gasteiger partial charge in [0.1, 0.15) is 11.4 Å². The number of methoxy groups -OCH3 is 1. The Hall–Kier alpha value is -1.23. The summed E-state index contributed by atoms with van der Waals surface area (Å²) in [7, 11) is 1.39. The molecule has 1 aliphatic carbocycles. The van der Waals surface area contributed by atoms with Gasteiger partial charge >= 0.3 is 5.97 Å². The van der Waals surface area contributed by atoms with E-state index in [-0.39, 0.29) is 5.97 Å². The maximum absolute atomic E-state index is 11.7. The lowest BCUT2D eigenvalue weighted by atomic mass is 10.2. The third-order valence-corrected chi connectivity index (χ3v) is 4.69. The molecule has 1 aromatic heterocycles. The van der Waals surface area contributed by atoms with Crippen LogP contribution in [0.25, 0.3) is 0 Å². The Morgan fingerprint density at radius 3 is 3.16 bits per heavy atom. The molecule has 19 heavy (non-hydrogen) atoms. The number of aromatic nitrogens is 1. The topological polar surface area (TPSA) is 51.2 Å². The fraction of sp³-hybridized carbons (Fsp3) is 0.571. The predicted octanol–water partition coefficient (Wildman–Crippen LogP) is 2.95. The van der Waals surface area contributed by atoms with Crippen molar-refractivity contribution in [3.05, 3.63) is 23.9 Å². The van der Waals surface area contributed by atoms with Gasteiger partial charge in [0, 0.05) is 17.5 Å². The molecule has 5 heteroatoms. The molecule has 0 aromatic carbocycles. The molecule has 2 atom stereocenters. The molecule has 1 aliphatic rings. The van der Waals surface area contributed by atoms with E-state index in [1.807, 2.05) is 11.8 Å². The monoisotopic (exact) mass is 280 g/mol. The van der Waals surface area contributed by atoms with Crippen molar-refractivity contribution >= 4 is 23.5 Å². The highest BCUT2D eigenvalue weighted by molar-refractivity contribution is 7.99. The first kappa shape index (κ1) is 14.2. The van der Waals surface area contributed by atoms with E-state index in [1.54, 1.807) is 18.3 Å². The summed E-state index contributed by atoms with van der Waals surface area (Å²) in [5.41, 5.74) is 0.511. The van der Waals surface area contributed by atoms with Crippen LogP contribution in [-0.2, 0) is 4.74 Å². The number of nitrogens with zero attached hydrogens (tertiary/aromatic N) is 1. The number of hydrogen-bond donors (Lipinski definition) is 1. The SMILES string of the molecule is CCSC1CCCC1Nc1ncccc1C(=O)OC. The largest absolute Gasteiger partial charge is 0.465 e. The minimum absolute atomic E-state index is 0.340. The molecular formula is C14H20N2O2S. The summed E-state index contributed by atoms with van der Waals surface area (Å²) in [6, 6.07) is 3.89. The lowest BCUT2D eigenvalue weighted by molar-refractivity contribution is 0.0601. The van der Waals surface area contributed by atoms with Gasteiger partial charge in [-0.1, -0.05) is 13.3 Å². The average Bonchev–Trinajstić information content (AvgIpc) is 2.86. The quantitative estimate of drug-likeness (QED) is 0.840. The van der Waals surface area contributed by atoms with Crippen LogP contribution in [0.4, 0.5) is 5.82 Å². The van der Waals surface area contributed by atoms with Gasteiger partial charge in [-0.2, -0.15) is 11.8 Å². The molecule has 0 radical (unpaired) electrons. The van der Waals surface area contributed by atoms with Crippen LogP contribution >= 0.6 is 11.8 Å². The third-order valence-electron chi connectivity index (χ3n) is 3.37. The van der Waals surface area contributed by atoms with Crippen LogP contribution in [0.5, 0.6) is 0 Å². The summed E-state index contributed by atoms with van der Waals surface area (Å²) in [6.07, 6.45) is 5.30. The van der Waals surface area contributed by atoms with E-state index in [4.69, 9.17) is 4.74 Å². The van der Waals surface area contributed by atoms with Crippen molar-refractivity contribution in [1.82, 2.24) is 4.98 Å². The number of rotatable bonds is 5. The van der Waals surface area contributed by atoms with Gasteiger partial charge in [-0.05, 0) is 30.7 Å². The molecule has 2 rings (SSSR count). The number of nitrogens with one attached hydrogen (secondary N) is 1. The summed E-state index contributed by atoms with van der Waals surface area (Å²) in [4.78, 5) is 16.0. The fourth-order valence-electron chi connectivity index (χ4n) is 2.48. The highest BCUT2D eigenvalue weighted by Crippen LogP contribution is 2.32. The Morgan fingerprint density at radius 1 is 1.58 bits per heavy atom. The van der Waals surface area contributed by atoms with Gasteiger partial charge in [-0.15, -0.1) is 0 Å². The first-order valence-corrected chi connectivity index (χ1v) is 7.72. The molecule has 0 saturated heterocycles. The van der Waals surface area contributed by atoms with Crippen molar-refractivity contribution in [1.29, 1.82) is 0 Å². The van der Waals surface area contributed by atoms with Crippen LogP contribution in [0.1, 0.15) is 36.5 Å². The van der Waals surface area contributed by atoms with Gasteiger partial charge in [0.25, 0.3) is 0 Å². The van der Waals surface area contributed by atoms with E-state index in [0.717, 1.165) is 12.2 Å². The van der Waals surface area contributed by atoms with Crippen LogP contribution in [0.3, 0.4) is 0 Å². The number of ether oxygens (including phenoxy) is 1. The molecule has 104 valence electrons. The van der Waals surface area contributed by atoms with Gasteiger partial charge in [0.2, 0.25) is 0 Å². The molecule has 1 fully saturated rings. The summed E-state index contributed by atoms with van der Waals surface area (Å²) in [6.45, 7) is 2.18. The molecule has 0 spiro atoms. The van der Waals surface area contributed by atoms with Gasteiger partial charge in [-0.25, -0.2) is 9.78 Å². The van der Waals surface area contributed by atoms with E-state index >= 15 is 0 Å². The highest BCUT2D eigenvalue weighted by atomic mass is 32.2. The Bertz CT molecular complexity index is 439. The summed E-state index contributed by atoms with van der Waals surface area (Å²) < 4.78 is 4.79. The normalized spacial score (nSPS) is 22.2. The molecule has 4 nitrogen and oxygen atoms in total. The molecule has 0 bridgehead atoms. The molecule has 0 aliphatic heterocycles. The van der Waals surface area contributed by atoms with Crippen LogP contribution in [0.15, 0.2) is 18.3 Å². The summed E-state index contributed by atoms with van der Waals surface area (Å²) >= 11 is 1.98. The number of hydrogen-bond acceptors (Lipinski definition) is 5. The van der Waals surface area contributed by atoms with Crippen molar-refractivity contribution in [3.63, 3.8) is 0 Å². The van der Waals surface area contributed by atoms with Crippen molar-refractivity contribution in [2.24, 2.45) is 0 Å². The Labute approximate surface area is 118 Å². The number of anilines is 1. The number of pyridine rings is 1. The van der Waals surface area contributed by atoms with Crippen molar-refractivity contribution in [2.75, 3.05) is 18.2 Å². The molecule has 1 heterocycles. The van der Waals surface area contributed by atoms with E-state index < -0.39 is 0 Å². The Morgan fingerprint density at radius 2 is 2.42 bits per heavy atom. The number of thioether (sulfide) groups is 1. The lowest BCUT2D eigenvalue weighted by Gasteiger charge is -2.21. The second-order valence-electron chi connectivity index (χ2n) is 4.57. The van der Waals surface area contributed by atoms with E-state index in [0.29, 0.717) is 22.7 Å².